The Morgan fingerprint density at radius 3 is 2.69 bits per heavy atom. The van der Waals surface area contributed by atoms with Crippen LogP contribution in [0.5, 0.6) is 0 Å². The fourth-order valence-electron chi connectivity index (χ4n) is 1.35. The molecule has 0 aliphatic heterocycles. The summed E-state index contributed by atoms with van der Waals surface area (Å²) in [5, 5.41) is 9.24. The molecule has 82 valence electrons. The number of carboxylic acids is 1. The van der Waals surface area contributed by atoms with Crippen molar-refractivity contribution < 1.29 is 14.3 Å². The van der Waals surface area contributed by atoms with E-state index in [0.717, 1.165) is 6.07 Å². The van der Waals surface area contributed by atoms with E-state index in [9.17, 15) is 9.18 Å². The van der Waals surface area contributed by atoms with Crippen molar-refractivity contribution in [2.24, 2.45) is 0 Å². The van der Waals surface area contributed by atoms with Crippen molar-refractivity contribution in [2.45, 2.75) is 0 Å². The van der Waals surface area contributed by atoms with E-state index < -0.39 is 11.8 Å². The van der Waals surface area contributed by atoms with Crippen LogP contribution in [0.1, 0.15) is 10.5 Å². The van der Waals surface area contributed by atoms with Crippen molar-refractivity contribution in [3.8, 4) is 0 Å². The summed E-state index contributed by atoms with van der Waals surface area (Å²) in [6.07, 6.45) is 0. The third kappa shape index (κ3) is 1.88. The zero-order chi connectivity index (χ0) is 11.9. The van der Waals surface area contributed by atoms with E-state index in [1.54, 1.807) is 6.07 Å². The molecule has 3 nitrogen and oxygen atoms in total. The van der Waals surface area contributed by atoms with Gasteiger partial charge in [-0.05, 0) is 18.2 Å². The van der Waals surface area contributed by atoms with Crippen LogP contribution in [0.4, 0.5) is 4.39 Å². The molecule has 0 saturated heterocycles. The third-order valence-electron chi connectivity index (χ3n) is 2.04. The normalized spacial score (nSPS) is 10.7. The lowest BCUT2D eigenvalue weighted by Gasteiger charge is -2.04. The van der Waals surface area contributed by atoms with Crippen molar-refractivity contribution in [1.82, 2.24) is 4.98 Å². The number of rotatable bonds is 1. The number of aromatic carboxylic acids is 1. The lowest BCUT2D eigenvalue weighted by molar-refractivity contribution is 0.0690. The number of benzene rings is 1. The van der Waals surface area contributed by atoms with E-state index in [1.807, 2.05) is 0 Å². The van der Waals surface area contributed by atoms with Crippen LogP contribution in [0.15, 0.2) is 22.7 Å². The van der Waals surface area contributed by atoms with Gasteiger partial charge in [0.05, 0.1) is 0 Å². The Balaban J connectivity index is 2.87. The van der Waals surface area contributed by atoms with Crippen LogP contribution in [0.2, 0.25) is 5.15 Å². The van der Waals surface area contributed by atoms with Crippen LogP contribution in [0, 0.1) is 5.82 Å². The van der Waals surface area contributed by atoms with Gasteiger partial charge >= 0.3 is 5.97 Å². The molecule has 0 saturated carbocycles. The quantitative estimate of drug-likeness (QED) is 0.821. The van der Waals surface area contributed by atoms with Gasteiger partial charge in [0.1, 0.15) is 11.0 Å². The van der Waals surface area contributed by atoms with E-state index >= 15 is 0 Å². The maximum atomic E-state index is 13.6. The molecule has 1 aromatic heterocycles. The van der Waals surface area contributed by atoms with Crippen LogP contribution < -0.4 is 0 Å². The Labute approximate surface area is 103 Å². The Hall–Kier alpha value is -1.20. The SMILES string of the molecule is O=C(O)c1cc2c(F)cc(Br)cc2c(Cl)n1. The molecule has 2 rings (SSSR count). The molecular formula is C10H4BrClFNO2. The molecule has 0 unspecified atom stereocenters. The van der Waals surface area contributed by atoms with Crippen molar-refractivity contribution in [1.29, 1.82) is 0 Å². The second kappa shape index (κ2) is 3.99. The maximum absolute atomic E-state index is 13.6. The molecule has 16 heavy (non-hydrogen) atoms. The average Bonchev–Trinajstić information content (AvgIpc) is 2.19. The van der Waals surface area contributed by atoms with Gasteiger partial charge < -0.3 is 5.11 Å². The van der Waals surface area contributed by atoms with Crippen LogP contribution in [0.3, 0.4) is 0 Å². The number of carbonyl (C=O) groups is 1. The molecule has 1 aromatic carbocycles. The van der Waals surface area contributed by atoms with Crippen LogP contribution >= 0.6 is 27.5 Å². The molecule has 0 spiro atoms. The highest BCUT2D eigenvalue weighted by molar-refractivity contribution is 9.10. The number of hydrogen-bond donors (Lipinski definition) is 1. The Morgan fingerprint density at radius 1 is 1.38 bits per heavy atom. The summed E-state index contributed by atoms with van der Waals surface area (Å²) in [5.74, 6) is -1.79. The second-order valence-corrected chi connectivity index (χ2v) is 4.36. The minimum Gasteiger partial charge on any atom is -0.477 e. The van der Waals surface area contributed by atoms with Gasteiger partial charge in [-0.2, -0.15) is 0 Å². The summed E-state index contributed by atoms with van der Waals surface area (Å²) in [6, 6.07) is 3.98. The summed E-state index contributed by atoms with van der Waals surface area (Å²) in [5.41, 5.74) is -0.279. The molecule has 1 heterocycles. The minimum atomic E-state index is -1.24. The number of carboxylic acid groups (broad SMARTS) is 1. The standard InChI is InChI=1S/C10H4BrClFNO2/c11-4-1-6-5(7(13)2-4)3-8(10(15)16)14-9(6)12/h1-3H,(H,15,16). The van der Waals surface area contributed by atoms with Crippen molar-refractivity contribution in [2.75, 3.05) is 0 Å². The largest absolute Gasteiger partial charge is 0.477 e. The van der Waals surface area contributed by atoms with Crippen LogP contribution in [-0.4, -0.2) is 16.1 Å². The van der Waals surface area contributed by atoms with Crippen molar-refractivity contribution in [3.05, 3.63) is 39.3 Å². The molecule has 0 aliphatic rings. The summed E-state index contributed by atoms with van der Waals surface area (Å²) in [6.45, 7) is 0. The van der Waals surface area contributed by atoms with Gasteiger partial charge in [-0.15, -0.1) is 0 Å². The first-order valence-electron chi connectivity index (χ1n) is 4.17. The topological polar surface area (TPSA) is 50.2 Å². The zero-order valence-electron chi connectivity index (χ0n) is 7.67. The van der Waals surface area contributed by atoms with E-state index in [1.165, 1.54) is 6.07 Å². The minimum absolute atomic E-state index is 0.0323. The highest BCUT2D eigenvalue weighted by atomic mass is 79.9. The molecular weight excluding hydrogens is 300 g/mol. The number of aromatic nitrogens is 1. The van der Waals surface area contributed by atoms with Crippen LogP contribution in [-0.2, 0) is 0 Å². The van der Waals surface area contributed by atoms with Gasteiger partial charge in [-0.3, -0.25) is 0 Å². The first kappa shape index (κ1) is 11.3. The van der Waals surface area contributed by atoms with E-state index in [0.29, 0.717) is 9.86 Å². The molecule has 0 amide bonds. The number of fused-ring (bicyclic) bond motifs is 1. The fraction of sp³-hybridized carbons (Fsp3) is 0. The lowest BCUT2D eigenvalue weighted by Crippen LogP contribution is -2.01. The van der Waals surface area contributed by atoms with E-state index in [4.69, 9.17) is 16.7 Å². The van der Waals surface area contributed by atoms with Gasteiger partial charge in [0.25, 0.3) is 0 Å². The summed E-state index contributed by atoms with van der Waals surface area (Å²) in [4.78, 5) is 14.4. The maximum Gasteiger partial charge on any atom is 0.354 e. The Bertz CT molecular complexity index is 603. The fourth-order valence-corrected chi connectivity index (χ4v) is 2.02. The molecule has 2 aromatic rings. The lowest BCUT2D eigenvalue weighted by atomic mass is 10.1. The monoisotopic (exact) mass is 303 g/mol. The predicted octanol–water partition coefficient (Wildman–Crippen LogP) is 3.49. The second-order valence-electron chi connectivity index (χ2n) is 3.09. The molecule has 0 fully saturated rings. The number of halogens is 3. The molecule has 0 radical (unpaired) electrons. The Kier molecular flexibility index (Phi) is 2.82. The van der Waals surface area contributed by atoms with Crippen molar-refractivity contribution >= 4 is 44.3 Å². The molecule has 0 atom stereocenters. The highest BCUT2D eigenvalue weighted by Crippen LogP contribution is 2.28. The van der Waals surface area contributed by atoms with Gasteiger partial charge in [0.15, 0.2) is 5.69 Å². The van der Waals surface area contributed by atoms with Gasteiger partial charge in [0.2, 0.25) is 0 Å². The predicted molar refractivity (Wildman–Crippen MR) is 61.4 cm³/mol. The number of nitrogens with zero attached hydrogens (tertiary/aromatic N) is 1. The first-order valence-corrected chi connectivity index (χ1v) is 5.34. The zero-order valence-corrected chi connectivity index (χ0v) is 10.0. The Morgan fingerprint density at radius 2 is 2.06 bits per heavy atom. The van der Waals surface area contributed by atoms with Gasteiger partial charge in [-0.1, -0.05) is 27.5 Å². The average molecular weight is 305 g/mol. The smallest absolute Gasteiger partial charge is 0.354 e. The third-order valence-corrected chi connectivity index (χ3v) is 2.78. The molecule has 0 bridgehead atoms. The highest BCUT2D eigenvalue weighted by Gasteiger charge is 2.13. The van der Waals surface area contributed by atoms with E-state index in [-0.39, 0.29) is 16.2 Å². The summed E-state index contributed by atoms with van der Waals surface area (Å²) in [7, 11) is 0. The first-order chi connectivity index (χ1) is 7.49. The van der Waals surface area contributed by atoms with Gasteiger partial charge in [-0.25, -0.2) is 14.2 Å². The summed E-state index contributed by atoms with van der Waals surface area (Å²) < 4.78 is 14.1. The molecule has 0 aliphatic carbocycles. The number of pyridine rings is 1. The van der Waals surface area contributed by atoms with Gasteiger partial charge in [0, 0.05) is 15.2 Å². The van der Waals surface area contributed by atoms with E-state index in [2.05, 4.69) is 20.9 Å². The number of hydrogen-bond acceptors (Lipinski definition) is 2. The van der Waals surface area contributed by atoms with Crippen LogP contribution in [0.25, 0.3) is 10.8 Å². The molecule has 1 N–H and O–H groups in total. The summed E-state index contributed by atoms with van der Waals surface area (Å²) >= 11 is 8.91. The van der Waals surface area contributed by atoms with Crippen molar-refractivity contribution in [3.63, 3.8) is 0 Å². The molecule has 6 heteroatoms.